The number of hydrogen-bond donors (Lipinski definition) is 0. The highest BCUT2D eigenvalue weighted by atomic mass is 32.1. The lowest BCUT2D eigenvalue weighted by molar-refractivity contribution is -0.122. The number of esters is 1. The summed E-state index contributed by atoms with van der Waals surface area (Å²) < 4.78 is 5.40. The number of carbonyl (C=O) groups excluding carboxylic acids is 2. The van der Waals surface area contributed by atoms with Crippen LogP contribution in [0.2, 0.25) is 0 Å². The number of benzene rings is 1. The molecule has 4 rings (SSSR count). The summed E-state index contributed by atoms with van der Waals surface area (Å²) >= 11 is 1.30. The lowest BCUT2D eigenvalue weighted by Crippen LogP contribution is -2.38. The first-order chi connectivity index (χ1) is 13.9. The van der Waals surface area contributed by atoms with Gasteiger partial charge in [0.2, 0.25) is 0 Å². The van der Waals surface area contributed by atoms with Gasteiger partial charge in [0.1, 0.15) is 15.5 Å². The third kappa shape index (κ3) is 3.40. The second kappa shape index (κ2) is 7.55. The Morgan fingerprint density at radius 3 is 2.76 bits per heavy atom. The fraction of sp³-hybridized carbons (Fsp3) is 0.364. The Morgan fingerprint density at radius 1 is 1.24 bits per heavy atom. The number of nitrogens with zero attached hydrogens (tertiary/aromatic N) is 3. The highest BCUT2D eigenvalue weighted by Crippen LogP contribution is 2.33. The maximum atomic E-state index is 12.8. The third-order valence-electron chi connectivity index (χ3n) is 5.32. The first-order valence-corrected chi connectivity index (χ1v) is 10.6. The SMILES string of the molecule is CCc1nc(C)c2c(C)c(C(=O)OCC(=O)N3c4ccccc4CC3C)sc2n1. The molecule has 0 N–H and O–H groups in total. The summed E-state index contributed by atoms with van der Waals surface area (Å²) in [6.45, 7) is 7.52. The zero-order valence-electron chi connectivity index (χ0n) is 17.0. The van der Waals surface area contributed by atoms with Crippen LogP contribution in [0.5, 0.6) is 0 Å². The number of hydrogen-bond acceptors (Lipinski definition) is 6. The van der Waals surface area contributed by atoms with Crippen LogP contribution in [0, 0.1) is 13.8 Å². The maximum absolute atomic E-state index is 12.8. The molecule has 3 heterocycles. The first-order valence-electron chi connectivity index (χ1n) is 9.74. The van der Waals surface area contributed by atoms with Crippen molar-refractivity contribution in [1.82, 2.24) is 9.97 Å². The summed E-state index contributed by atoms with van der Waals surface area (Å²) in [4.78, 5) is 37.5. The van der Waals surface area contributed by atoms with Crippen molar-refractivity contribution < 1.29 is 14.3 Å². The van der Waals surface area contributed by atoms with Gasteiger partial charge in [0.15, 0.2) is 6.61 Å². The average molecular weight is 410 g/mol. The molecule has 0 aliphatic carbocycles. The van der Waals surface area contributed by atoms with E-state index in [4.69, 9.17) is 4.74 Å². The molecule has 0 saturated heterocycles. The van der Waals surface area contributed by atoms with Crippen molar-refractivity contribution in [2.24, 2.45) is 0 Å². The number of aromatic nitrogens is 2. The summed E-state index contributed by atoms with van der Waals surface area (Å²) in [6, 6.07) is 7.90. The topological polar surface area (TPSA) is 72.4 Å². The van der Waals surface area contributed by atoms with E-state index < -0.39 is 5.97 Å². The van der Waals surface area contributed by atoms with Crippen LogP contribution < -0.4 is 4.90 Å². The molecule has 0 saturated carbocycles. The van der Waals surface area contributed by atoms with Gasteiger partial charge in [0.05, 0.1) is 0 Å². The lowest BCUT2D eigenvalue weighted by Gasteiger charge is -2.22. The van der Waals surface area contributed by atoms with E-state index >= 15 is 0 Å². The van der Waals surface area contributed by atoms with E-state index in [0.29, 0.717) is 4.88 Å². The van der Waals surface area contributed by atoms with Crippen LogP contribution in [0.3, 0.4) is 0 Å². The predicted molar refractivity (Wildman–Crippen MR) is 114 cm³/mol. The molecule has 2 aromatic heterocycles. The molecule has 1 aliphatic heterocycles. The van der Waals surface area contributed by atoms with Crippen molar-refractivity contribution in [3.8, 4) is 0 Å². The van der Waals surface area contributed by atoms with Crippen molar-refractivity contribution in [3.05, 3.63) is 51.8 Å². The van der Waals surface area contributed by atoms with E-state index in [1.807, 2.05) is 52.0 Å². The van der Waals surface area contributed by atoms with Gasteiger partial charge in [-0.25, -0.2) is 14.8 Å². The van der Waals surface area contributed by atoms with Gasteiger partial charge in [-0.3, -0.25) is 4.79 Å². The Morgan fingerprint density at radius 2 is 2.00 bits per heavy atom. The molecular weight excluding hydrogens is 386 g/mol. The van der Waals surface area contributed by atoms with Crippen molar-refractivity contribution >= 4 is 39.1 Å². The number of rotatable bonds is 4. The minimum absolute atomic E-state index is 0.0510. The van der Waals surface area contributed by atoms with Gasteiger partial charge in [-0.2, -0.15) is 0 Å². The molecule has 1 amide bonds. The van der Waals surface area contributed by atoms with Gasteiger partial charge >= 0.3 is 5.97 Å². The normalized spacial score (nSPS) is 15.6. The summed E-state index contributed by atoms with van der Waals surface area (Å²) in [5.74, 6) is 0.0586. The minimum Gasteiger partial charge on any atom is -0.451 e. The van der Waals surface area contributed by atoms with Crippen molar-refractivity contribution in [1.29, 1.82) is 0 Å². The highest BCUT2D eigenvalue weighted by molar-refractivity contribution is 7.20. The van der Waals surface area contributed by atoms with E-state index in [9.17, 15) is 9.59 Å². The number of anilines is 1. The molecule has 1 unspecified atom stereocenters. The van der Waals surface area contributed by atoms with Crippen LogP contribution in [0.1, 0.15) is 46.2 Å². The van der Waals surface area contributed by atoms with Gasteiger partial charge in [-0.05, 0) is 44.4 Å². The molecule has 150 valence electrons. The quantitative estimate of drug-likeness (QED) is 0.609. The molecule has 1 aliphatic rings. The van der Waals surface area contributed by atoms with E-state index in [1.165, 1.54) is 11.3 Å². The first kappa shape index (κ1) is 19.5. The standard InChI is InChI=1S/C22H23N3O3S/c1-5-17-23-14(4)19-13(3)20(29-21(19)24-17)22(27)28-11-18(26)25-12(2)10-15-8-6-7-9-16(15)25/h6-9,12H,5,10-11H2,1-4H3. The van der Waals surface area contributed by atoms with E-state index in [-0.39, 0.29) is 18.6 Å². The van der Waals surface area contributed by atoms with E-state index in [1.54, 1.807) is 4.90 Å². The average Bonchev–Trinajstić information content (AvgIpc) is 3.22. The number of carbonyl (C=O) groups is 2. The number of amides is 1. The maximum Gasteiger partial charge on any atom is 0.349 e. The Hall–Kier alpha value is -2.80. The fourth-order valence-corrected chi connectivity index (χ4v) is 5.10. The molecular formula is C22H23N3O3S. The van der Waals surface area contributed by atoms with Crippen LogP contribution in [-0.2, 0) is 22.4 Å². The minimum atomic E-state index is -0.489. The third-order valence-corrected chi connectivity index (χ3v) is 6.49. The number of thiophene rings is 1. The fourth-order valence-electron chi connectivity index (χ4n) is 3.96. The smallest absolute Gasteiger partial charge is 0.349 e. The Balaban J connectivity index is 1.52. The van der Waals surface area contributed by atoms with Gasteiger partial charge < -0.3 is 9.64 Å². The van der Waals surface area contributed by atoms with Crippen LogP contribution >= 0.6 is 11.3 Å². The molecule has 29 heavy (non-hydrogen) atoms. The van der Waals surface area contributed by atoms with Crippen LogP contribution in [0.25, 0.3) is 10.2 Å². The van der Waals surface area contributed by atoms with Gasteiger partial charge in [0, 0.05) is 29.2 Å². The Kier molecular flexibility index (Phi) is 5.08. The zero-order chi connectivity index (χ0) is 20.7. The molecule has 0 fully saturated rings. The second-order valence-corrected chi connectivity index (χ2v) is 8.34. The molecule has 0 spiro atoms. The van der Waals surface area contributed by atoms with Crippen LogP contribution in [0.4, 0.5) is 5.69 Å². The second-order valence-electron chi connectivity index (χ2n) is 7.34. The molecule has 0 bridgehead atoms. The summed E-state index contributed by atoms with van der Waals surface area (Å²) in [5, 5.41) is 0.896. The monoisotopic (exact) mass is 409 g/mol. The van der Waals surface area contributed by atoms with Crippen molar-refractivity contribution in [2.45, 2.75) is 46.6 Å². The van der Waals surface area contributed by atoms with Gasteiger partial charge in [-0.1, -0.05) is 25.1 Å². The molecule has 6 nitrogen and oxygen atoms in total. The summed E-state index contributed by atoms with van der Waals surface area (Å²) in [7, 11) is 0. The van der Waals surface area contributed by atoms with Gasteiger partial charge in [-0.15, -0.1) is 11.3 Å². The molecule has 3 aromatic rings. The number of fused-ring (bicyclic) bond motifs is 2. The van der Waals surface area contributed by atoms with Crippen LogP contribution in [-0.4, -0.2) is 34.5 Å². The lowest BCUT2D eigenvalue weighted by atomic mass is 10.1. The Labute approximate surface area is 173 Å². The van der Waals surface area contributed by atoms with Crippen molar-refractivity contribution in [3.63, 3.8) is 0 Å². The number of aryl methyl sites for hydroxylation is 3. The van der Waals surface area contributed by atoms with E-state index in [0.717, 1.165) is 51.4 Å². The number of ether oxygens (including phenoxy) is 1. The highest BCUT2D eigenvalue weighted by Gasteiger charge is 2.31. The molecule has 7 heteroatoms. The summed E-state index contributed by atoms with van der Waals surface area (Å²) in [6.07, 6.45) is 1.54. The predicted octanol–water partition coefficient (Wildman–Crippen LogP) is 4.01. The van der Waals surface area contributed by atoms with E-state index in [2.05, 4.69) is 9.97 Å². The van der Waals surface area contributed by atoms with Crippen molar-refractivity contribution in [2.75, 3.05) is 11.5 Å². The van der Waals surface area contributed by atoms with Crippen LogP contribution in [0.15, 0.2) is 24.3 Å². The van der Waals surface area contributed by atoms with Gasteiger partial charge in [0.25, 0.3) is 5.91 Å². The summed E-state index contributed by atoms with van der Waals surface area (Å²) in [5.41, 5.74) is 3.71. The molecule has 0 radical (unpaired) electrons. The Bertz CT molecular complexity index is 1120. The largest absolute Gasteiger partial charge is 0.451 e. The molecule has 1 atom stereocenters. The zero-order valence-corrected chi connectivity index (χ0v) is 17.8. The number of para-hydroxylation sites is 1. The molecule has 1 aromatic carbocycles.